The Balaban J connectivity index is 2.64. The number of hydrogen-bond donors (Lipinski definition) is 2. The number of nitrogens with one attached hydrogen (secondary N) is 1. The van der Waals surface area contributed by atoms with Gasteiger partial charge < -0.3 is 10.4 Å². The number of aromatic nitrogens is 2. The van der Waals surface area contributed by atoms with Gasteiger partial charge in [0.05, 0.1) is 4.88 Å². The fraction of sp³-hybridized carbons (Fsp3) is 0.600. The maximum Gasteiger partial charge on any atom is 0.326 e. The Hall–Kier alpha value is -1.50. The average molecular weight is 257 g/mol. The summed E-state index contributed by atoms with van der Waals surface area (Å²) in [5.41, 5.74) is 0.206. The summed E-state index contributed by atoms with van der Waals surface area (Å²) in [6.45, 7) is 3.69. The highest BCUT2D eigenvalue weighted by molar-refractivity contribution is 7.05. The van der Waals surface area contributed by atoms with E-state index in [0.29, 0.717) is 11.3 Å². The van der Waals surface area contributed by atoms with Crippen molar-refractivity contribution in [3.05, 3.63) is 10.6 Å². The summed E-state index contributed by atoms with van der Waals surface area (Å²) in [6, 6.07) is -0.858. The first kappa shape index (κ1) is 13.6. The molecule has 1 rings (SSSR count). The molecule has 6 nitrogen and oxygen atoms in total. The van der Waals surface area contributed by atoms with Crippen molar-refractivity contribution in [2.45, 2.75) is 39.2 Å². The summed E-state index contributed by atoms with van der Waals surface area (Å²) in [5, 5.41) is 15.1. The lowest BCUT2D eigenvalue weighted by Gasteiger charge is -2.13. The maximum atomic E-state index is 11.7. The zero-order chi connectivity index (χ0) is 12.8. The van der Waals surface area contributed by atoms with Gasteiger partial charge in [0.15, 0.2) is 5.69 Å². The molecule has 0 bridgehead atoms. The van der Waals surface area contributed by atoms with Crippen molar-refractivity contribution in [2.75, 3.05) is 0 Å². The molecule has 0 radical (unpaired) electrons. The van der Waals surface area contributed by atoms with Gasteiger partial charge in [0, 0.05) is 0 Å². The van der Waals surface area contributed by atoms with Crippen molar-refractivity contribution in [1.82, 2.24) is 14.9 Å². The molecule has 0 fully saturated rings. The Morgan fingerprint density at radius 2 is 2.24 bits per heavy atom. The highest BCUT2D eigenvalue weighted by Gasteiger charge is 2.22. The third kappa shape index (κ3) is 3.77. The van der Waals surface area contributed by atoms with E-state index < -0.39 is 17.9 Å². The summed E-state index contributed by atoms with van der Waals surface area (Å²) >= 11 is 1.12. The Labute approximate surface area is 103 Å². The van der Waals surface area contributed by atoms with E-state index in [1.54, 1.807) is 6.92 Å². The topological polar surface area (TPSA) is 92.2 Å². The second-order valence-corrected chi connectivity index (χ2v) is 4.64. The number of nitrogens with zero attached hydrogens (tertiary/aromatic N) is 2. The van der Waals surface area contributed by atoms with E-state index in [1.165, 1.54) is 0 Å². The maximum absolute atomic E-state index is 11.7. The minimum absolute atomic E-state index is 0.206. The van der Waals surface area contributed by atoms with Crippen LogP contribution in [0.2, 0.25) is 0 Å². The first-order valence-corrected chi connectivity index (χ1v) is 6.16. The Morgan fingerprint density at radius 3 is 2.71 bits per heavy atom. The zero-order valence-corrected chi connectivity index (χ0v) is 10.6. The van der Waals surface area contributed by atoms with Crippen LogP contribution in [0.15, 0.2) is 0 Å². The van der Waals surface area contributed by atoms with Crippen molar-refractivity contribution in [3.63, 3.8) is 0 Å². The van der Waals surface area contributed by atoms with E-state index in [0.717, 1.165) is 24.4 Å². The van der Waals surface area contributed by atoms with Crippen molar-refractivity contribution in [3.8, 4) is 0 Å². The lowest BCUT2D eigenvalue weighted by atomic mass is 10.1. The number of amides is 1. The van der Waals surface area contributed by atoms with E-state index in [4.69, 9.17) is 5.11 Å². The molecule has 7 heteroatoms. The molecule has 1 heterocycles. The molecule has 0 aliphatic rings. The molecule has 0 saturated carbocycles. The van der Waals surface area contributed by atoms with Crippen LogP contribution in [0.25, 0.3) is 0 Å². The van der Waals surface area contributed by atoms with Gasteiger partial charge in [-0.25, -0.2) is 4.79 Å². The van der Waals surface area contributed by atoms with Crippen LogP contribution in [0.3, 0.4) is 0 Å². The Bertz CT molecular complexity index is 405. The fourth-order valence-corrected chi connectivity index (χ4v) is 1.80. The average Bonchev–Trinajstić information content (AvgIpc) is 2.70. The Morgan fingerprint density at radius 1 is 1.53 bits per heavy atom. The fourth-order valence-electron chi connectivity index (χ4n) is 1.33. The van der Waals surface area contributed by atoms with Gasteiger partial charge in [0.2, 0.25) is 0 Å². The largest absolute Gasteiger partial charge is 0.480 e. The molecule has 1 aromatic rings. The molecule has 0 spiro atoms. The number of carboxylic acids is 1. The Kier molecular flexibility index (Phi) is 5.02. The van der Waals surface area contributed by atoms with Crippen molar-refractivity contribution in [2.24, 2.45) is 0 Å². The molecule has 0 aromatic carbocycles. The molecule has 17 heavy (non-hydrogen) atoms. The number of unbranched alkanes of at least 4 members (excludes halogenated alkanes) is 1. The number of aliphatic carboxylic acids is 1. The summed E-state index contributed by atoms with van der Waals surface area (Å²) in [5.74, 6) is -1.49. The number of aryl methyl sites for hydroxylation is 1. The number of carboxylic acid groups (broad SMARTS) is 1. The van der Waals surface area contributed by atoms with Crippen LogP contribution in [-0.2, 0) is 4.79 Å². The van der Waals surface area contributed by atoms with Crippen LogP contribution in [0.1, 0.15) is 41.6 Å². The molecule has 1 aromatic heterocycles. The third-order valence-corrected chi connectivity index (χ3v) is 2.95. The van der Waals surface area contributed by atoms with E-state index in [9.17, 15) is 9.59 Å². The summed E-state index contributed by atoms with van der Waals surface area (Å²) in [7, 11) is 0. The van der Waals surface area contributed by atoms with E-state index >= 15 is 0 Å². The molecule has 1 atom stereocenters. The van der Waals surface area contributed by atoms with Crippen LogP contribution in [0.5, 0.6) is 0 Å². The normalized spacial score (nSPS) is 12.1. The first-order valence-electron chi connectivity index (χ1n) is 5.38. The van der Waals surface area contributed by atoms with E-state index in [-0.39, 0.29) is 5.69 Å². The zero-order valence-electron chi connectivity index (χ0n) is 9.77. The van der Waals surface area contributed by atoms with Crippen LogP contribution < -0.4 is 5.32 Å². The lowest BCUT2D eigenvalue weighted by molar-refractivity contribution is -0.139. The number of carbonyl (C=O) groups is 2. The molecular formula is C10H15N3O3S. The second kappa shape index (κ2) is 6.29. The lowest BCUT2D eigenvalue weighted by Crippen LogP contribution is -2.41. The number of rotatable bonds is 6. The van der Waals surface area contributed by atoms with Gasteiger partial charge in [-0.3, -0.25) is 4.79 Å². The quantitative estimate of drug-likeness (QED) is 0.799. The monoisotopic (exact) mass is 257 g/mol. The third-order valence-electron chi connectivity index (χ3n) is 2.32. The summed E-state index contributed by atoms with van der Waals surface area (Å²) in [4.78, 5) is 23.4. The molecule has 0 saturated heterocycles. The molecule has 0 aliphatic carbocycles. The number of carbonyl (C=O) groups excluding carboxylic acids is 1. The highest BCUT2D eigenvalue weighted by Crippen LogP contribution is 2.09. The second-order valence-electron chi connectivity index (χ2n) is 3.68. The van der Waals surface area contributed by atoms with Gasteiger partial charge in [-0.1, -0.05) is 24.3 Å². The van der Waals surface area contributed by atoms with Crippen molar-refractivity contribution in [1.29, 1.82) is 0 Å². The van der Waals surface area contributed by atoms with Gasteiger partial charge in [-0.2, -0.15) is 0 Å². The molecule has 0 aliphatic heterocycles. The summed E-state index contributed by atoms with van der Waals surface area (Å²) < 4.78 is 3.64. The van der Waals surface area contributed by atoms with Gasteiger partial charge in [0.1, 0.15) is 6.04 Å². The van der Waals surface area contributed by atoms with Crippen LogP contribution in [0, 0.1) is 6.92 Å². The van der Waals surface area contributed by atoms with Gasteiger partial charge in [-0.15, -0.1) is 5.10 Å². The standard InChI is InChI=1S/C10H15N3O3S/c1-3-4-5-7(10(15)16)11-9(14)8-6(2)17-13-12-8/h7H,3-5H2,1-2H3,(H,11,14)(H,15,16)/t7-/m1/s1. The van der Waals surface area contributed by atoms with E-state index in [1.807, 2.05) is 6.92 Å². The van der Waals surface area contributed by atoms with Crippen LogP contribution in [0.4, 0.5) is 0 Å². The van der Waals surface area contributed by atoms with Crippen LogP contribution >= 0.6 is 11.5 Å². The van der Waals surface area contributed by atoms with Crippen molar-refractivity contribution < 1.29 is 14.7 Å². The summed E-state index contributed by atoms with van der Waals surface area (Å²) in [6.07, 6.45) is 2.07. The minimum Gasteiger partial charge on any atom is -0.480 e. The smallest absolute Gasteiger partial charge is 0.326 e. The highest BCUT2D eigenvalue weighted by atomic mass is 32.1. The molecule has 2 N–H and O–H groups in total. The first-order chi connectivity index (χ1) is 8.06. The van der Waals surface area contributed by atoms with Gasteiger partial charge in [-0.05, 0) is 24.9 Å². The predicted octanol–water partition coefficient (Wildman–Crippen LogP) is 1.22. The number of hydrogen-bond acceptors (Lipinski definition) is 5. The van der Waals surface area contributed by atoms with Crippen molar-refractivity contribution >= 4 is 23.4 Å². The van der Waals surface area contributed by atoms with Gasteiger partial charge in [0.25, 0.3) is 5.91 Å². The van der Waals surface area contributed by atoms with Gasteiger partial charge >= 0.3 is 5.97 Å². The molecule has 94 valence electrons. The molecule has 1 amide bonds. The minimum atomic E-state index is -1.02. The predicted molar refractivity (Wildman–Crippen MR) is 63.1 cm³/mol. The SMILES string of the molecule is CCCC[C@@H](NC(=O)c1nnsc1C)C(=O)O. The van der Waals surface area contributed by atoms with E-state index in [2.05, 4.69) is 14.9 Å². The van der Waals surface area contributed by atoms with Crippen LogP contribution in [-0.4, -0.2) is 32.6 Å². The molecular weight excluding hydrogens is 242 g/mol. The molecule has 0 unspecified atom stereocenters.